The predicted molar refractivity (Wildman–Crippen MR) is 66.1 cm³/mol. The van der Waals surface area contributed by atoms with Crippen LogP contribution in [0.5, 0.6) is 11.6 Å². The van der Waals surface area contributed by atoms with E-state index < -0.39 is 18.2 Å². The fourth-order valence-corrected chi connectivity index (χ4v) is 1.98. The number of rotatable bonds is 5. The fraction of sp³-hybridized carbons (Fsp3) is 0.455. The Labute approximate surface area is 121 Å². The van der Waals surface area contributed by atoms with Gasteiger partial charge in [0.15, 0.2) is 5.75 Å². The van der Waals surface area contributed by atoms with E-state index in [0.29, 0.717) is 0 Å². The number of esters is 1. The summed E-state index contributed by atoms with van der Waals surface area (Å²) in [4.78, 5) is 15.1. The minimum Gasteiger partial charge on any atom is -0.491 e. The number of hydrogen-bond acceptors (Lipinski definition) is 5. The first-order chi connectivity index (χ1) is 9.34. The van der Waals surface area contributed by atoms with Crippen molar-refractivity contribution in [2.75, 3.05) is 13.7 Å². The lowest BCUT2D eigenvalue weighted by atomic mass is 10.1. The van der Waals surface area contributed by atoms with Gasteiger partial charge in [0.2, 0.25) is 0 Å². The number of ether oxygens (including phenoxy) is 3. The first-order valence-electron chi connectivity index (χ1n) is 5.38. The topological polar surface area (TPSA) is 57.7 Å². The summed E-state index contributed by atoms with van der Waals surface area (Å²) in [6.45, 7) is 1.74. The van der Waals surface area contributed by atoms with Crippen LogP contribution in [0.1, 0.15) is 22.8 Å². The molecule has 1 rings (SSSR count). The number of halogens is 4. The predicted octanol–water partition coefficient (Wildman–Crippen LogP) is 3.06. The highest BCUT2D eigenvalue weighted by atomic mass is 79.9. The largest absolute Gasteiger partial charge is 0.574 e. The molecule has 0 radical (unpaired) electrons. The molecule has 0 atom stereocenters. The van der Waals surface area contributed by atoms with Crippen LogP contribution in [-0.2, 0) is 10.1 Å². The molecule has 112 valence electrons. The van der Waals surface area contributed by atoms with Crippen LogP contribution >= 0.6 is 15.9 Å². The normalized spacial score (nSPS) is 11.1. The van der Waals surface area contributed by atoms with Gasteiger partial charge in [-0.1, -0.05) is 15.9 Å². The van der Waals surface area contributed by atoms with Gasteiger partial charge in [0.05, 0.1) is 19.3 Å². The van der Waals surface area contributed by atoms with Crippen LogP contribution in [0.15, 0.2) is 6.20 Å². The van der Waals surface area contributed by atoms with Crippen LogP contribution in [0.25, 0.3) is 0 Å². The van der Waals surface area contributed by atoms with E-state index in [0.717, 1.165) is 13.3 Å². The molecule has 1 heterocycles. The average Bonchev–Trinajstić information content (AvgIpc) is 2.36. The van der Waals surface area contributed by atoms with E-state index in [4.69, 9.17) is 9.47 Å². The van der Waals surface area contributed by atoms with Gasteiger partial charge in [-0.3, -0.25) is 0 Å². The quantitative estimate of drug-likeness (QED) is 0.598. The van der Waals surface area contributed by atoms with E-state index >= 15 is 0 Å². The Hall–Kier alpha value is -1.51. The number of aromatic nitrogens is 1. The standard InChI is InChI=1S/C11H11BrF3NO4/c1-3-19-10(17)7-5-16-9(20-11(13,14)15)8(18-2)6(7)4-12/h5H,3-4H2,1-2H3. The third-order valence-electron chi connectivity index (χ3n) is 2.15. The summed E-state index contributed by atoms with van der Waals surface area (Å²) in [6.07, 6.45) is -3.95. The molecule has 0 N–H and O–H groups in total. The smallest absolute Gasteiger partial charge is 0.491 e. The van der Waals surface area contributed by atoms with Crippen molar-refractivity contribution in [1.29, 1.82) is 0 Å². The van der Waals surface area contributed by atoms with Crippen LogP contribution in [0.3, 0.4) is 0 Å². The number of alkyl halides is 4. The molecular formula is C11H11BrF3NO4. The number of hydrogen-bond donors (Lipinski definition) is 0. The summed E-state index contributed by atoms with van der Waals surface area (Å²) in [5.74, 6) is -1.74. The molecular weight excluding hydrogens is 347 g/mol. The molecule has 0 fully saturated rings. The molecule has 0 aliphatic rings. The third kappa shape index (κ3) is 3.99. The van der Waals surface area contributed by atoms with Crippen LogP contribution in [0.2, 0.25) is 0 Å². The van der Waals surface area contributed by atoms with Crippen LogP contribution in [0, 0.1) is 0 Å². The molecule has 9 heteroatoms. The van der Waals surface area contributed by atoms with E-state index in [9.17, 15) is 18.0 Å². The first-order valence-corrected chi connectivity index (χ1v) is 6.50. The van der Waals surface area contributed by atoms with Crippen molar-refractivity contribution >= 4 is 21.9 Å². The average molecular weight is 358 g/mol. The van der Waals surface area contributed by atoms with Gasteiger partial charge in [0, 0.05) is 17.1 Å². The van der Waals surface area contributed by atoms with Crippen molar-refractivity contribution in [3.05, 3.63) is 17.3 Å². The van der Waals surface area contributed by atoms with Gasteiger partial charge < -0.3 is 14.2 Å². The molecule has 0 aromatic carbocycles. The zero-order valence-electron chi connectivity index (χ0n) is 10.6. The molecule has 0 amide bonds. The Kier molecular flexibility index (Phi) is 5.61. The van der Waals surface area contributed by atoms with Gasteiger partial charge >= 0.3 is 12.3 Å². The van der Waals surface area contributed by atoms with Crippen molar-refractivity contribution in [1.82, 2.24) is 4.98 Å². The Morgan fingerprint density at radius 2 is 2.10 bits per heavy atom. The van der Waals surface area contributed by atoms with Gasteiger partial charge in [0.25, 0.3) is 5.88 Å². The third-order valence-corrected chi connectivity index (χ3v) is 2.71. The van der Waals surface area contributed by atoms with E-state index in [2.05, 4.69) is 25.7 Å². The maximum atomic E-state index is 12.3. The Balaban J connectivity index is 3.29. The molecule has 1 aromatic rings. The Bertz CT molecular complexity index is 493. The van der Waals surface area contributed by atoms with Crippen molar-refractivity contribution < 1.29 is 32.2 Å². The summed E-state index contributed by atoms with van der Waals surface area (Å²) >= 11 is 3.08. The van der Waals surface area contributed by atoms with E-state index in [1.54, 1.807) is 6.92 Å². The molecule has 0 aliphatic carbocycles. The number of pyridine rings is 1. The minimum absolute atomic E-state index is 0.00935. The second-order valence-electron chi connectivity index (χ2n) is 3.39. The molecule has 5 nitrogen and oxygen atoms in total. The summed E-state index contributed by atoms with van der Waals surface area (Å²) in [7, 11) is 1.15. The number of nitrogens with zero attached hydrogens (tertiary/aromatic N) is 1. The van der Waals surface area contributed by atoms with Crippen molar-refractivity contribution in [3.8, 4) is 11.6 Å². The highest BCUT2D eigenvalue weighted by Crippen LogP contribution is 2.36. The molecule has 20 heavy (non-hydrogen) atoms. The zero-order chi connectivity index (χ0) is 15.3. The maximum absolute atomic E-state index is 12.3. The number of carbonyl (C=O) groups is 1. The summed E-state index contributed by atoms with van der Waals surface area (Å²) < 4.78 is 50.2. The van der Waals surface area contributed by atoms with Gasteiger partial charge in [-0.25, -0.2) is 9.78 Å². The second-order valence-corrected chi connectivity index (χ2v) is 3.95. The first kappa shape index (κ1) is 16.5. The Morgan fingerprint density at radius 3 is 2.55 bits per heavy atom. The molecule has 0 spiro atoms. The highest BCUT2D eigenvalue weighted by Gasteiger charge is 2.34. The molecule has 0 aliphatic heterocycles. The molecule has 0 bridgehead atoms. The zero-order valence-corrected chi connectivity index (χ0v) is 12.2. The van der Waals surface area contributed by atoms with Crippen LogP contribution in [0.4, 0.5) is 13.2 Å². The molecule has 1 aromatic heterocycles. The van der Waals surface area contributed by atoms with Crippen LogP contribution in [-0.4, -0.2) is 31.0 Å². The maximum Gasteiger partial charge on any atom is 0.574 e. The molecule has 0 saturated heterocycles. The second kappa shape index (κ2) is 6.78. The summed E-state index contributed by atoms with van der Waals surface area (Å²) in [5, 5.41) is 0.0705. The van der Waals surface area contributed by atoms with Gasteiger partial charge in [-0.2, -0.15) is 0 Å². The van der Waals surface area contributed by atoms with E-state index in [1.165, 1.54) is 0 Å². The fourth-order valence-electron chi connectivity index (χ4n) is 1.42. The van der Waals surface area contributed by atoms with E-state index in [-0.39, 0.29) is 28.8 Å². The molecule has 0 saturated carbocycles. The van der Waals surface area contributed by atoms with Crippen LogP contribution < -0.4 is 9.47 Å². The lowest BCUT2D eigenvalue weighted by Gasteiger charge is -2.15. The SMILES string of the molecule is CCOC(=O)c1cnc(OC(F)(F)F)c(OC)c1CBr. The highest BCUT2D eigenvalue weighted by molar-refractivity contribution is 9.08. The number of methoxy groups -OCH3 is 1. The lowest BCUT2D eigenvalue weighted by molar-refractivity contribution is -0.276. The van der Waals surface area contributed by atoms with Crippen molar-refractivity contribution in [3.63, 3.8) is 0 Å². The summed E-state index contributed by atoms with van der Waals surface area (Å²) in [5.41, 5.74) is 0.176. The van der Waals surface area contributed by atoms with Crippen molar-refractivity contribution in [2.24, 2.45) is 0 Å². The minimum atomic E-state index is -4.91. The summed E-state index contributed by atoms with van der Waals surface area (Å²) in [6, 6.07) is 0. The molecule has 0 unspecified atom stereocenters. The van der Waals surface area contributed by atoms with Gasteiger partial charge in [-0.05, 0) is 6.92 Å². The van der Waals surface area contributed by atoms with Crippen molar-refractivity contribution in [2.45, 2.75) is 18.6 Å². The number of carbonyl (C=O) groups excluding carboxylic acids is 1. The lowest BCUT2D eigenvalue weighted by Crippen LogP contribution is -2.19. The Morgan fingerprint density at radius 1 is 1.45 bits per heavy atom. The monoisotopic (exact) mass is 357 g/mol. The van der Waals surface area contributed by atoms with Gasteiger partial charge in [0.1, 0.15) is 0 Å². The van der Waals surface area contributed by atoms with Gasteiger partial charge in [-0.15, -0.1) is 13.2 Å². The van der Waals surface area contributed by atoms with E-state index in [1.807, 2.05) is 0 Å².